The normalized spacial score (nSPS) is 10.3. The fourth-order valence-electron chi connectivity index (χ4n) is 1.75. The highest BCUT2D eigenvalue weighted by Crippen LogP contribution is 2.32. The lowest BCUT2D eigenvalue weighted by atomic mass is 10.2. The summed E-state index contributed by atoms with van der Waals surface area (Å²) < 4.78 is 5.79. The van der Waals surface area contributed by atoms with Gasteiger partial charge in [-0.3, -0.25) is 10.1 Å². The maximum absolute atomic E-state index is 11.7. The highest BCUT2D eigenvalue weighted by Gasteiger charge is 2.21. The zero-order valence-electron chi connectivity index (χ0n) is 11.6. The van der Waals surface area contributed by atoms with Crippen LogP contribution in [0, 0.1) is 10.1 Å². The molecule has 2 aromatic rings. The molecule has 0 bridgehead atoms. The number of hydrogen-bond acceptors (Lipinski definition) is 5. The van der Waals surface area contributed by atoms with Gasteiger partial charge in [-0.05, 0) is 43.3 Å². The molecule has 0 fully saturated rings. The highest BCUT2D eigenvalue weighted by atomic mass is 79.9. The molecule has 2 aromatic carbocycles. The lowest BCUT2D eigenvalue weighted by Gasteiger charge is -2.06. The first-order valence-corrected chi connectivity index (χ1v) is 8.01. The summed E-state index contributed by atoms with van der Waals surface area (Å²) in [7, 11) is 0. The van der Waals surface area contributed by atoms with Gasteiger partial charge in [0.1, 0.15) is 5.56 Å². The van der Waals surface area contributed by atoms with E-state index in [1.807, 2.05) is 24.3 Å². The van der Waals surface area contributed by atoms with Gasteiger partial charge in [-0.2, -0.15) is 0 Å². The largest absolute Gasteiger partial charge is 0.462 e. The summed E-state index contributed by atoms with van der Waals surface area (Å²) in [4.78, 5) is 24.0. The predicted octanol–water partition coefficient (Wildman–Crippen LogP) is 4.69. The summed E-state index contributed by atoms with van der Waals surface area (Å²) in [6, 6.07) is 12.1. The third kappa shape index (κ3) is 4.08. The molecule has 0 unspecified atom stereocenters. The number of nitro groups is 1. The van der Waals surface area contributed by atoms with Crippen molar-refractivity contribution in [1.82, 2.24) is 0 Å². The number of nitro benzene ring substituents is 1. The van der Waals surface area contributed by atoms with E-state index in [4.69, 9.17) is 4.74 Å². The fourth-order valence-corrected chi connectivity index (χ4v) is 2.86. The molecule has 0 radical (unpaired) electrons. The average Bonchev–Trinajstić information content (AvgIpc) is 2.49. The molecule has 0 aliphatic heterocycles. The maximum Gasteiger partial charge on any atom is 0.345 e. The summed E-state index contributed by atoms with van der Waals surface area (Å²) >= 11 is 4.74. The minimum Gasteiger partial charge on any atom is -0.462 e. The minimum atomic E-state index is -0.686. The van der Waals surface area contributed by atoms with Crippen molar-refractivity contribution in [1.29, 1.82) is 0 Å². The van der Waals surface area contributed by atoms with Gasteiger partial charge in [0.25, 0.3) is 5.69 Å². The smallest absolute Gasteiger partial charge is 0.345 e. The van der Waals surface area contributed by atoms with Crippen LogP contribution in [0.15, 0.2) is 56.7 Å². The zero-order valence-corrected chi connectivity index (χ0v) is 14.0. The van der Waals surface area contributed by atoms with Crippen LogP contribution in [0.25, 0.3) is 0 Å². The predicted molar refractivity (Wildman–Crippen MR) is 87.3 cm³/mol. The van der Waals surface area contributed by atoms with Gasteiger partial charge in [0, 0.05) is 20.3 Å². The van der Waals surface area contributed by atoms with Crippen LogP contribution in [-0.4, -0.2) is 17.5 Å². The summed E-state index contributed by atoms with van der Waals surface area (Å²) in [5.41, 5.74) is -0.285. The number of carbonyl (C=O) groups is 1. The van der Waals surface area contributed by atoms with Crippen molar-refractivity contribution in [2.24, 2.45) is 0 Å². The van der Waals surface area contributed by atoms with E-state index in [1.165, 1.54) is 23.9 Å². The Hall–Kier alpha value is -1.86. The number of ether oxygens (including phenoxy) is 1. The third-order valence-electron chi connectivity index (χ3n) is 2.71. The van der Waals surface area contributed by atoms with Crippen LogP contribution < -0.4 is 0 Å². The molecule has 0 atom stereocenters. The SMILES string of the molecule is CCOC(=O)c1ccc(Sc2ccc(Br)cc2)cc1[N+](=O)[O-]. The molecule has 114 valence electrons. The Kier molecular flexibility index (Phi) is 5.57. The lowest BCUT2D eigenvalue weighted by molar-refractivity contribution is -0.385. The maximum atomic E-state index is 11.7. The molecule has 0 aromatic heterocycles. The highest BCUT2D eigenvalue weighted by molar-refractivity contribution is 9.10. The first-order chi connectivity index (χ1) is 10.5. The molecule has 5 nitrogen and oxygen atoms in total. The first-order valence-electron chi connectivity index (χ1n) is 6.40. The van der Waals surface area contributed by atoms with Crippen LogP contribution in [0.2, 0.25) is 0 Å². The molecule has 0 amide bonds. The summed E-state index contributed by atoms with van der Waals surface area (Å²) in [6.45, 7) is 1.83. The Morgan fingerprint density at radius 3 is 2.45 bits per heavy atom. The number of rotatable bonds is 5. The standard InChI is InChI=1S/C15H12BrNO4S/c1-2-21-15(18)13-8-7-12(9-14(13)17(19)20)22-11-5-3-10(16)4-6-11/h3-9H,2H2,1H3. The van der Waals surface area contributed by atoms with Crippen LogP contribution in [0.5, 0.6) is 0 Å². The van der Waals surface area contributed by atoms with Crippen LogP contribution in [-0.2, 0) is 4.74 Å². The lowest BCUT2D eigenvalue weighted by Crippen LogP contribution is -2.07. The Morgan fingerprint density at radius 1 is 1.23 bits per heavy atom. The van der Waals surface area contributed by atoms with Gasteiger partial charge in [-0.1, -0.05) is 27.7 Å². The number of esters is 1. The van der Waals surface area contributed by atoms with Gasteiger partial charge >= 0.3 is 5.97 Å². The number of benzene rings is 2. The first kappa shape index (κ1) is 16.5. The van der Waals surface area contributed by atoms with Gasteiger partial charge in [0.2, 0.25) is 0 Å². The molecular formula is C15H12BrNO4S. The van der Waals surface area contributed by atoms with Gasteiger partial charge in [0.05, 0.1) is 11.5 Å². The number of carbonyl (C=O) groups excluding carboxylic acids is 1. The van der Waals surface area contributed by atoms with E-state index in [1.54, 1.807) is 13.0 Å². The molecular weight excluding hydrogens is 370 g/mol. The Balaban J connectivity index is 2.31. The Morgan fingerprint density at radius 2 is 1.86 bits per heavy atom. The van der Waals surface area contributed by atoms with Gasteiger partial charge < -0.3 is 4.74 Å². The van der Waals surface area contributed by atoms with Crippen molar-refractivity contribution in [3.63, 3.8) is 0 Å². The molecule has 7 heteroatoms. The topological polar surface area (TPSA) is 69.4 Å². The van der Waals surface area contributed by atoms with E-state index in [0.717, 1.165) is 9.37 Å². The molecule has 0 aliphatic carbocycles. The van der Waals surface area contributed by atoms with Crippen molar-refractivity contribution in [3.05, 3.63) is 62.6 Å². The van der Waals surface area contributed by atoms with E-state index < -0.39 is 10.9 Å². The Labute approximate surface area is 140 Å². The number of nitrogens with zero attached hydrogens (tertiary/aromatic N) is 1. The number of halogens is 1. The summed E-state index contributed by atoms with van der Waals surface area (Å²) in [5.74, 6) is -0.686. The van der Waals surface area contributed by atoms with Crippen molar-refractivity contribution in [3.8, 4) is 0 Å². The Bertz CT molecular complexity index is 703. The molecule has 0 N–H and O–H groups in total. The van der Waals surface area contributed by atoms with Gasteiger partial charge in [-0.15, -0.1) is 0 Å². The van der Waals surface area contributed by atoms with Crippen LogP contribution in [0.1, 0.15) is 17.3 Å². The molecule has 0 heterocycles. The van der Waals surface area contributed by atoms with Crippen molar-refractivity contribution >= 4 is 39.3 Å². The van der Waals surface area contributed by atoms with Gasteiger partial charge in [0.15, 0.2) is 0 Å². The molecule has 0 saturated heterocycles. The summed E-state index contributed by atoms with van der Waals surface area (Å²) in [6.07, 6.45) is 0. The van der Waals surface area contributed by atoms with Crippen molar-refractivity contribution in [2.75, 3.05) is 6.61 Å². The molecule has 0 aliphatic rings. The fraction of sp³-hybridized carbons (Fsp3) is 0.133. The van der Waals surface area contributed by atoms with Crippen molar-refractivity contribution < 1.29 is 14.5 Å². The molecule has 2 rings (SSSR count). The monoisotopic (exact) mass is 381 g/mol. The molecule has 0 saturated carbocycles. The van der Waals surface area contributed by atoms with Crippen LogP contribution in [0.3, 0.4) is 0 Å². The second-order valence-electron chi connectivity index (χ2n) is 4.21. The second kappa shape index (κ2) is 7.42. The van der Waals surface area contributed by atoms with Crippen LogP contribution >= 0.6 is 27.7 Å². The third-order valence-corrected chi connectivity index (χ3v) is 4.24. The quantitative estimate of drug-likeness (QED) is 0.427. The van der Waals surface area contributed by atoms with E-state index >= 15 is 0 Å². The van der Waals surface area contributed by atoms with Gasteiger partial charge in [-0.25, -0.2) is 4.79 Å². The minimum absolute atomic E-state index is 0.0352. The molecule has 0 spiro atoms. The average molecular weight is 382 g/mol. The van der Waals surface area contributed by atoms with Crippen LogP contribution in [0.4, 0.5) is 5.69 Å². The van der Waals surface area contributed by atoms with E-state index in [9.17, 15) is 14.9 Å². The number of hydrogen-bond donors (Lipinski definition) is 0. The van der Waals surface area contributed by atoms with Crippen molar-refractivity contribution in [2.45, 2.75) is 16.7 Å². The van der Waals surface area contributed by atoms with E-state index in [-0.39, 0.29) is 17.9 Å². The zero-order chi connectivity index (χ0) is 16.1. The second-order valence-corrected chi connectivity index (χ2v) is 6.28. The van der Waals surface area contributed by atoms with E-state index in [2.05, 4.69) is 15.9 Å². The van der Waals surface area contributed by atoms with E-state index in [0.29, 0.717) is 4.90 Å². The molecule has 22 heavy (non-hydrogen) atoms. The summed E-state index contributed by atoms with van der Waals surface area (Å²) in [5, 5.41) is 11.2.